The molecule has 4 aromatic rings. The lowest BCUT2D eigenvalue weighted by atomic mass is 10.1. The molecule has 1 aliphatic rings. The minimum atomic E-state index is -3.65. The van der Waals surface area contributed by atoms with Crippen molar-refractivity contribution in [3.05, 3.63) is 95.1 Å². The van der Waals surface area contributed by atoms with Crippen molar-refractivity contribution in [3.63, 3.8) is 0 Å². The Bertz CT molecular complexity index is 1390. The first kappa shape index (κ1) is 19.9. The SMILES string of the molecule is N#Cc1ccc(-n2cc(N3C(=O)C(F)(F)c4ccccc43)c(-c3ccc(Cl)cc3)n2)cc1. The second-order valence-electron chi connectivity index (χ2n) is 7.21. The number of benzene rings is 3. The monoisotopic (exact) mass is 446 g/mol. The lowest BCUT2D eigenvalue weighted by Crippen LogP contribution is -2.31. The van der Waals surface area contributed by atoms with Crippen LogP contribution >= 0.6 is 11.6 Å². The first-order chi connectivity index (χ1) is 15.4. The van der Waals surface area contributed by atoms with Crippen LogP contribution in [0.15, 0.2) is 79.0 Å². The number of carbonyl (C=O) groups excluding carboxylic acids is 1. The predicted molar refractivity (Wildman–Crippen MR) is 116 cm³/mol. The molecule has 32 heavy (non-hydrogen) atoms. The van der Waals surface area contributed by atoms with E-state index in [4.69, 9.17) is 16.9 Å². The fraction of sp³-hybridized carbons (Fsp3) is 0.0417. The molecule has 0 N–H and O–H groups in total. The number of halogens is 3. The number of fused-ring (bicyclic) bond motifs is 1. The van der Waals surface area contributed by atoms with Gasteiger partial charge in [0.05, 0.1) is 40.5 Å². The van der Waals surface area contributed by atoms with Gasteiger partial charge in [-0.1, -0.05) is 41.9 Å². The van der Waals surface area contributed by atoms with Crippen LogP contribution in [0, 0.1) is 11.3 Å². The maximum Gasteiger partial charge on any atom is 0.352 e. The average molecular weight is 447 g/mol. The number of anilines is 2. The maximum atomic E-state index is 14.8. The fourth-order valence-electron chi connectivity index (χ4n) is 3.70. The van der Waals surface area contributed by atoms with E-state index in [1.165, 1.54) is 29.1 Å². The Hall–Kier alpha value is -4.02. The summed E-state index contributed by atoms with van der Waals surface area (Å²) in [4.78, 5) is 13.8. The summed E-state index contributed by atoms with van der Waals surface area (Å²) in [6.07, 6.45) is 1.53. The van der Waals surface area contributed by atoms with E-state index in [2.05, 4.69) is 5.10 Å². The number of nitrogens with zero attached hydrogens (tertiary/aromatic N) is 4. The zero-order valence-electron chi connectivity index (χ0n) is 16.3. The van der Waals surface area contributed by atoms with Gasteiger partial charge in [-0.25, -0.2) is 4.68 Å². The third-order valence-corrected chi connectivity index (χ3v) is 5.52. The van der Waals surface area contributed by atoms with E-state index in [0.29, 0.717) is 27.5 Å². The van der Waals surface area contributed by atoms with E-state index in [1.807, 2.05) is 6.07 Å². The minimum absolute atomic E-state index is 0.108. The summed E-state index contributed by atoms with van der Waals surface area (Å²) in [5.41, 5.74) is 2.00. The molecule has 2 heterocycles. The second kappa shape index (κ2) is 7.29. The normalized spacial score (nSPS) is 14.3. The molecule has 0 fully saturated rings. The Morgan fingerprint density at radius 1 is 0.938 bits per heavy atom. The zero-order chi connectivity index (χ0) is 22.5. The van der Waals surface area contributed by atoms with Gasteiger partial charge < -0.3 is 0 Å². The highest BCUT2D eigenvalue weighted by molar-refractivity contribution is 6.30. The van der Waals surface area contributed by atoms with Crippen molar-refractivity contribution in [1.29, 1.82) is 5.26 Å². The van der Waals surface area contributed by atoms with Crippen LogP contribution in [-0.4, -0.2) is 15.7 Å². The topological polar surface area (TPSA) is 61.9 Å². The summed E-state index contributed by atoms with van der Waals surface area (Å²) in [5, 5.41) is 14.1. The van der Waals surface area contributed by atoms with E-state index in [9.17, 15) is 13.6 Å². The maximum absolute atomic E-state index is 14.8. The highest BCUT2D eigenvalue weighted by atomic mass is 35.5. The van der Waals surface area contributed by atoms with Gasteiger partial charge in [0.1, 0.15) is 5.69 Å². The molecule has 0 aliphatic carbocycles. The molecule has 1 amide bonds. The Balaban J connectivity index is 1.72. The van der Waals surface area contributed by atoms with Crippen LogP contribution < -0.4 is 4.90 Å². The van der Waals surface area contributed by atoms with Gasteiger partial charge in [0.2, 0.25) is 0 Å². The molecule has 8 heteroatoms. The molecular weight excluding hydrogens is 434 g/mol. The molecule has 1 aromatic heterocycles. The van der Waals surface area contributed by atoms with Crippen LogP contribution in [-0.2, 0) is 10.7 Å². The van der Waals surface area contributed by atoms with Crippen molar-refractivity contribution in [2.45, 2.75) is 5.92 Å². The molecule has 5 nitrogen and oxygen atoms in total. The van der Waals surface area contributed by atoms with Crippen LogP contribution in [0.3, 0.4) is 0 Å². The van der Waals surface area contributed by atoms with Crippen LogP contribution in [0.2, 0.25) is 5.02 Å². The average Bonchev–Trinajstić information content (AvgIpc) is 3.32. The minimum Gasteiger partial charge on any atom is -0.271 e. The molecule has 0 saturated carbocycles. The van der Waals surface area contributed by atoms with Gasteiger partial charge in [0.15, 0.2) is 0 Å². The molecule has 0 unspecified atom stereocenters. The summed E-state index contributed by atoms with van der Waals surface area (Å²) in [7, 11) is 0. The van der Waals surface area contributed by atoms with Crippen molar-refractivity contribution in [3.8, 4) is 23.0 Å². The van der Waals surface area contributed by atoms with E-state index in [0.717, 1.165) is 4.90 Å². The Morgan fingerprint density at radius 3 is 2.31 bits per heavy atom. The number of rotatable bonds is 3. The van der Waals surface area contributed by atoms with Crippen molar-refractivity contribution in [1.82, 2.24) is 9.78 Å². The van der Waals surface area contributed by atoms with Crippen molar-refractivity contribution in [2.24, 2.45) is 0 Å². The van der Waals surface area contributed by atoms with Crippen molar-refractivity contribution < 1.29 is 13.6 Å². The Morgan fingerprint density at radius 2 is 1.62 bits per heavy atom. The number of nitriles is 1. The largest absolute Gasteiger partial charge is 0.352 e. The molecular formula is C24H13ClF2N4O. The lowest BCUT2D eigenvalue weighted by Gasteiger charge is -2.17. The Labute approximate surface area is 186 Å². The van der Waals surface area contributed by atoms with Crippen LogP contribution in [0.4, 0.5) is 20.2 Å². The third kappa shape index (κ3) is 3.04. The highest BCUT2D eigenvalue weighted by Gasteiger charge is 2.54. The predicted octanol–water partition coefficient (Wildman–Crippen LogP) is 5.83. The third-order valence-electron chi connectivity index (χ3n) is 5.27. The van der Waals surface area contributed by atoms with Crippen LogP contribution in [0.25, 0.3) is 16.9 Å². The number of alkyl halides is 2. The van der Waals surface area contributed by atoms with Gasteiger partial charge in [-0.3, -0.25) is 9.69 Å². The quantitative estimate of drug-likeness (QED) is 0.397. The standard InChI is InChI=1S/C24H13ClF2N4O/c25-17-9-7-16(8-10-17)22-21(14-30(29-22)18-11-5-15(13-28)6-12-18)31-20-4-2-1-3-19(20)24(26,27)23(31)32/h1-12,14H. The van der Waals surface area contributed by atoms with Gasteiger partial charge in [-0.2, -0.15) is 19.1 Å². The van der Waals surface area contributed by atoms with Gasteiger partial charge >= 0.3 is 11.8 Å². The van der Waals surface area contributed by atoms with E-state index in [1.54, 1.807) is 54.6 Å². The summed E-state index contributed by atoms with van der Waals surface area (Å²) in [5.74, 6) is -4.99. The van der Waals surface area contributed by atoms with Crippen LogP contribution in [0.5, 0.6) is 0 Å². The van der Waals surface area contributed by atoms with E-state index in [-0.39, 0.29) is 16.9 Å². The molecule has 0 saturated heterocycles. The zero-order valence-corrected chi connectivity index (χ0v) is 17.1. The molecule has 0 spiro atoms. The fourth-order valence-corrected chi connectivity index (χ4v) is 3.83. The van der Waals surface area contributed by atoms with Gasteiger partial charge in [-0.15, -0.1) is 0 Å². The second-order valence-corrected chi connectivity index (χ2v) is 7.64. The Kier molecular flexibility index (Phi) is 4.54. The first-order valence-corrected chi connectivity index (χ1v) is 9.96. The van der Waals surface area contributed by atoms with Crippen molar-refractivity contribution in [2.75, 3.05) is 4.90 Å². The van der Waals surface area contributed by atoms with Gasteiger partial charge in [-0.05, 0) is 42.5 Å². The number of hydrogen-bond acceptors (Lipinski definition) is 3. The molecule has 0 radical (unpaired) electrons. The molecule has 156 valence electrons. The molecule has 5 rings (SSSR count). The highest BCUT2D eigenvalue weighted by Crippen LogP contribution is 2.49. The number of hydrogen-bond donors (Lipinski definition) is 0. The summed E-state index contributed by atoms with van der Waals surface area (Å²) in [6.45, 7) is 0. The van der Waals surface area contributed by atoms with Gasteiger partial charge in [0.25, 0.3) is 0 Å². The van der Waals surface area contributed by atoms with E-state index < -0.39 is 11.8 Å². The molecule has 0 atom stereocenters. The lowest BCUT2D eigenvalue weighted by molar-refractivity contribution is -0.140. The first-order valence-electron chi connectivity index (χ1n) is 9.58. The van der Waals surface area contributed by atoms with Crippen LogP contribution in [0.1, 0.15) is 11.1 Å². The summed E-state index contributed by atoms with van der Waals surface area (Å²) < 4.78 is 31.1. The molecule has 3 aromatic carbocycles. The smallest absolute Gasteiger partial charge is 0.271 e. The number of para-hydroxylation sites is 1. The van der Waals surface area contributed by atoms with E-state index >= 15 is 0 Å². The summed E-state index contributed by atoms with van der Waals surface area (Å²) in [6, 6.07) is 21.2. The molecule has 1 aliphatic heterocycles. The number of aromatic nitrogens is 2. The van der Waals surface area contributed by atoms with Crippen molar-refractivity contribution >= 4 is 28.9 Å². The molecule has 0 bridgehead atoms. The number of amides is 1. The van der Waals surface area contributed by atoms with Gasteiger partial charge in [0, 0.05) is 10.6 Å². The number of carbonyl (C=O) groups is 1. The summed E-state index contributed by atoms with van der Waals surface area (Å²) >= 11 is 6.01.